The summed E-state index contributed by atoms with van der Waals surface area (Å²) < 4.78 is 5.42. The molecule has 1 amide bonds. The van der Waals surface area contributed by atoms with Crippen molar-refractivity contribution in [2.45, 2.75) is 26.0 Å². The Bertz CT molecular complexity index is 637. The maximum atomic E-state index is 11.8. The SMILES string of the molecule is O=C(COCc1ccccc1)NCc1ccc(N2CCCC2)nc1. The highest BCUT2D eigenvalue weighted by molar-refractivity contribution is 5.77. The zero-order valence-electron chi connectivity index (χ0n) is 13.8. The first kappa shape index (κ1) is 16.5. The van der Waals surface area contributed by atoms with E-state index in [0.717, 1.165) is 30.0 Å². The Labute approximate surface area is 142 Å². The molecule has 0 atom stereocenters. The van der Waals surface area contributed by atoms with Crippen molar-refractivity contribution in [2.24, 2.45) is 0 Å². The van der Waals surface area contributed by atoms with Crippen LogP contribution in [0, 0.1) is 0 Å². The van der Waals surface area contributed by atoms with Crippen molar-refractivity contribution < 1.29 is 9.53 Å². The molecule has 1 aliphatic heterocycles. The predicted octanol–water partition coefficient (Wildman–Crippen LogP) is 2.51. The van der Waals surface area contributed by atoms with E-state index in [0.29, 0.717) is 13.2 Å². The van der Waals surface area contributed by atoms with Gasteiger partial charge in [0.05, 0.1) is 6.61 Å². The fraction of sp³-hybridized carbons (Fsp3) is 0.368. The molecule has 1 aromatic carbocycles. The number of nitrogens with zero attached hydrogens (tertiary/aromatic N) is 2. The fourth-order valence-corrected chi connectivity index (χ4v) is 2.74. The highest BCUT2D eigenvalue weighted by atomic mass is 16.5. The summed E-state index contributed by atoms with van der Waals surface area (Å²) in [7, 11) is 0. The van der Waals surface area contributed by atoms with Crippen LogP contribution in [-0.2, 0) is 22.7 Å². The van der Waals surface area contributed by atoms with E-state index in [-0.39, 0.29) is 12.5 Å². The van der Waals surface area contributed by atoms with Crippen molar-refractivity contribution in [3.63, 3.8) is 0 Å². The minimum atomic E-state index is -0.116. The average Bonchev–Trinajstić information content (AvgIpc) is 3.16. The topological polar surface area (TPSA) is 54.5 Å². The molecule has 3 rings (SSSR count). The van der Waals surface area contributed by atoms with Crippen molar-refractivity contribution in [1.29, 1.82) is 0 Å². The van der Waals surface area contributed by atoms with Gasteiger partial charge in [-0.1, -0.05) is 36.4 Å². The van der Waals surface area contributed by atoms with Gasteiger partial charge in [0, 0.05) is 25.8 Å². The van der Waals surface area contributed by atoms with Gasteiger partial charge in [0.1, 0.15) is 12.4 Å². The van der Waals surface area contributed by atoms with Gasteiger partial charge in [0.2, 0.25) is 5.91 Å². The Morgan fingerprint density at radius 2 is 1.88 bits per heavy atom. The van der Waals surface area contributed by atoms with Crippen LogP contribution >= 0.6 is 0 Å². The average molecular weight is 325 g/mol. The second-order valence-electron chi connectivity index (χ2n) is 5.97. The lowest BCUT2D eigenvalue weighted by Crippen LogP contribution is -2.27. The molecule has 0 spiro atoms. The summed E-state index contributed by atoms with van der Waals surface area (Å²) in [5.74, 6) is 0.906. The van der Waals surface area contributed by atoms with Crippen LogP contribution in [0.5, 0.6) is 0 Å². The molecule has 2 aromatic rings. The van der Waals surface area contributed by atoms with Crippen molar-refractivity contribution >= 4 is 11.7 Å². The van der Waals surface area contributed by atoms with E-state index in [9.17, 15) is 4.79 Å². The molecule has 1 aliphatic rings. The molecule has 1 aromatic heterocycles. The number of hydrogen-bond donors (Lipinski definition) is 1. The van der Waals surface area contributed by atoms with E-state index in [2.05, 4.69) is 15.2 Å². The van der Waals surface area contributed by atoms with Crippen molar-refractivity contribution in [3.05, 3.63) is 59.8 Å². The zero-order chi connectivity index (χ0) is 16.6. The second-order valence-corrected chi connectivity index (χ2v) is 5.97. The minimum Gasteiger partial charge on any atom is -0.367 e. The van der Waals surface area contributed by atoms with Gasteiger partial charge in [-0.15, -0.1) is 0 Å². The monoisotopic (exact) mass is 325 g/mol. The summed E-state index contributed by atoms with van der Waals surface area (Å²) in [6.45, 7) is 3.15. The van der Waals surface area contributed by atoms with Crippen LogP contribution in [0.15, 0.2) is 48.7 Å². The summed E-state index contributed by atoms with van der Waals surface area (Å²) in [5.41, 5.74) is 2.06. The molecule has 0 bridgehead atoms. The van der Waals surface area contributed by atoms with Gasteiger partial charge < -0.3 is 15.0 Å². The molecule has 24 heavy (non-hydrogen) atoms. The predicted molar refractivity (Wildman–Crippen MR) is 93.6 cm³/mol. The molecule has 5 nitrogen and oxygen atoms in total. The maximum absolute atomic E-state index is 11.8. The lowest BCUT2D eigenvalue weighted by atomic mass is 10.2. The molecule has 1 N–H and O–H groups in total. The molecular weight excluding hydrogens is 302 g/mol. The Morgan fingerprint density at radius 3 is 2.58 bits per heavy atom. The number of ether oxygens (including phenoxy) is 1. The van der Waals surface area contributed by atoms with Gasteiger partial charge in [-0.2, -0.15) is 0 Å². The first-order valence-corrected chi connectivity index (χ1v) is 8.39. The Kier molecular flexibility index (Phi) is 5.80. The molecule has 0 aliphatic carbocycles. The van der Waals surface area contributed by atoms with Crippen LogP contribution in [0.25, 0.3) is 0 Å². The molecule has 0 unspecified atom stereocenters. The Morgan fingerprint density at radius 1 is 1.08 bits per heavy atom. The third kappa shape index (κ3) is 4.80. The second kappa shape index (κ2) is 8.45. The molecule has 1 fully saturated rings. The zero-order valence-corrected chi connectivity index (χ0v) is 13.8. The van der Waals surface area contributed by atoms with E-state index in [4.69, 9.17) is 4.74 Å². The normalized spacial score (nSPS) is 13.9. The number of aromatic nitrogens is 1. The largest absolute Gasteiger partial charge is 0.367 e. The molecule has 0 radical (unpaired) electrons. The molecule has 5 heteroatoms. The first-order chi connectivity index (χ1) is 11.8. The lowest BCUT2D eigenvalue weighted by molar-refractivity contribution is -0.126. The van der Waals surface area contributed by atoms with E-state index >= 15 is 0 Å². The Balaban J connectivity index is 1.38. The van der Waals surface area contributed by atoms with Crippen LogP contribution in [0.1, 0.15) is 24.0 Å². The summed E-state index contributed by atoms with van der Waals surface area (Å²) in [5, 5.41) is 2.86. The number of amides is 1. The van der Waals surface area contributed by atoms with Gasteiger partial charge in [-0.25, -0.2) is 4.98 Å². The molecule has 126 valence electrons. The summed E-state index contributed by atoms with van der Waals surface area (Å²) >= 11 is 0. The number of carbonyl (C=O) groups is 1. The minimum absolute atomic E-state index is 0.0637. The third-order valence-electron chi connectivity index (χ3n) is 4.07. The number of pyridine rings is 1. The lowest BCUT2D eigenvalue weighted by Gasteiger charge is -2.16. The van der Waals surface area contributed by atoms with E-state index in [1.54, 1.807) is 0 Å². The highest BCUT2D eigenvalue weighted by Gasteiger charge is 2.13. The smallest absolute Gasteiger partial charge is 0.246 e. The number of carbonyl (C=O) groups excluding carboxylic acids is 1. The third-order valence-corrected chi connectivity index (χ3v) is 4.07. The number of anilines is 1. The van der Waals surface area contributed by atoms with Gasteiger partial charge in [0.25, 0.3) is 0 Å². The summed E-state index contributed by atoms with van der Waals surface area (Å²) in [4.78, 5) is 18.6. The molecule has 2 heterocycles. The van der Waals surface area contributed by atoms with Crippen LogP contribution < -0.4 is 10.2 Å². The molecule has 1 saturated heterocycles. The van der Waals surface area contributed by atoms with Crippen molar-refractivity contribution in [1.82, 2.24) is 10.3 Å². The van der Waals surface area contributed by atoms with E-state index in [1.807, 2.05) is 48.7 Å². The summed E-state index contributed by atoms with van der Waals surface area (Å²) in [6, 6.07) is 13.9. The summed E-state index contributed by atoms with van der Waals surface area (Å²) in [6.07, 6.45) is 4.31. The quantitative estimate of drug-likeness (QED) is 0.850. The van der Waals surface area contributed by atoms with Crippen molar-refractivity contribution in [3.8, 4) is 0 Å². The van der Waals surface area contributed by atoms with Gasteiger partial charge >= 0.3 is 0 Å². The standard InChI is InChI=1S/C19H23N3O2/c23-19(15-24-14-16-6-2-1-3-7-16)21-13-17-8-9-18(20-12-17)22-10-4-5-11-22/h1-3,6-9,12H,4-5,10-11,13-15H2,(H,21,23). The van der Waals surface area contributed by atoms with Gasteiger partial charge in [0.15, 0.2) is 0 Å². The van der Waals surface area contributed by atoms with Crippen LogP contribution in [0.3, 0.4) is 0 Å². The van der Waals surface area contributed by atoms with Gasteiger partial charge in [-0.3, -0.25) is 4.79 Å². The fourth-order valence-electron chi connectivity index (χ4n) is 2.74. The number of hydrogen-bond acceptors (Lipinski definition) is 4. The first-order valence-electron chi connectivity index (χ1n) is 8.39. The number of rotatable bonds is 7. The van der Waals surface area contributed by atoms with Crippen LogP contribution in [-0.4, -0.2) is 30.6 Å². The van der Waals surface area contributed by atoms with Gasteiger partial charge in [-0.05, 0) is 30.0 Å². The van der Waals surface area contributed by atoms with Crippen LogP contribution in [0.2, 0.25) is 0 Å². The molecular formula is C19H23N3O2. The number of nitrogens with one attached hydrogen (secondary N) is 1. The maximum Gasteiger partial charge on any atom is 0.246 e. The van der Waals surface area contributed by atoms with Crippen molar-refractivity contribution in [2.75, 3.05) is 24.6 Å². The van der Waals surface area contributed by atoms with Crippen LogP contribution in [0.4, 0.5) is 5.82 Å². The number of benzene rings is 1. The Hall–Kier alpha value is -2.40. The van der Waals surface area contributed by atoms with E-state index < -0.39 is 0 Å². The highest BCUT2D eigenvalue weighted by Crippen LogP contribution is 2.17. The van der Waals surface area contributed by atoms with E-state index in [1.165, 1.54) is 12.8 Å². The molecule has 0 saturated carbocycles.